The van der Waals surface area contributed by atoms with Crippen LogP contribution in [-0.4, -0.2) is 9.13 Å². The fourth-order valence-electron chi connectivity index (χ4n) is 20.6. The zero-order valence-electron chi connectivity index (χ0n) is 63.2. The molecule has 0 saturated carbocycles. The molecule has 1 atom stereocenters. The number of nitrogens with zero attached hydrogens (tertiary/aromatic N) is 2. The number of aromatic nitrogens is 2. The second-order valence-corrected chi connectivity index (χ2v) is 34.0. The molecule has 16 aromatic carbocycles. The molecule has 0 N–H and O–H groups in total. The number of benzene rings is 16. The zero-order valence-corrected chi connectivity index (χ0v) is 63.2. The Balaban J connectivity index is 0.626. The third kappa shape index (κ3) is 9.28. The average Bonchev–Trinajstić information content (AvgIpc) is 1.54. The molecule has 2 heterocycles. The van der Waals surface area contributed by atoms with Crippen molar-refractivity contribution in [2.24, 2.45) is 0 Å². The van der Waals surface area contributed by atoms with Gasteiger partial charge in [-0.3, -0.25) is 0 Å². The van der Waals surface area contributed by atoms with Gasteiger partial charge < -0.3 is 9.13 Å². The van der Waals surface area contributed by atoms with E-state index in [0.717, 1.165) is 17.8 Å². The van der Waals surface area contributed by atoms with Crippen LogP contribution in [0, 0.1) is 0 Å². The fourth-order valence-corrected chi connectivity index (χ4v) is 20.6. The predicted molar refractivity (Wildman–Crippen MR) is 461 cm³/mol. The lowest BCUT2D eigenvalue weighted by atomic mass is 9.73. The first-order valence-electron chi connectivity index (χ1n) is 39.2. The van der Waals surface area contributed by atoms with Gasteiger partial charge in [-0.25, -0.2) is 0 Å². The summed E-state index contributed by atoms with van der Waals surface area (Å²) in [6.45, 7) is 21.8. The van der Waals surface area contributed by atoms with Gasteiger partial charge in [-0.15, -0.1) is 0 Å². The maximum Gasteiger partial charge on any atom is 0.0541 e. The predicted octanol–water partition coefficient (Wildman–Crippen LogP) is 28.4. The van der Waals surface area contributed by atoms with Crippen LogP contribution < -0.4 is 0 Å². The van der Waals surface area contributed by atoms with E-state index in [9.17, 15) is 0 Å². The molecule has 2 nitrogen and oxygen atoms in total. The lowest BCUT2D eigenvalue weighted by Crippen LogP contribution is -2.25. The minimum Gasteiger partial charge on any atom is -0.309 e. The molecular formula is C107H82N2. The summed E-state index contributed by atoms with van der Waals surface area (Å²) in [6, 6.07) is 122. The SMILES string of the molecule is CC(C)c1cc(-c2ccc3c(c2)C(C)(C)c2cc4c(cc2-3)-c2ccccc2C4(C)Cc2ccc3c(c2)c2ccccc2n3-c2cc(-c3ccc4c(c3)C(C)(C)c3cc5c(cc3-4)-c3ccccc3C5(C)C)cc(-n3c4ccccc4c4ccccc43)c2)cc(-c2ccc3cc(-c4ccc5ccccc5c4)ccc3c2)c1. The molecule has 1 unspecified atom stereocenters. The van der Waals surface area contributed by atoms with E-state index in [4.69, 9.17) is 0 Å². The third-order valence-corrected chi connectivity index (χ3v) is 26.4. The van der Waals surface area contributed by atoms with Crippen molar-refractivity contribution in [3.8, 4) is 100 Å². The molecule has 0 aliphatic heterocycles. The van der Waals surface area contributed by atoms with Crippen molar-refractivity contribution >= 4 is 65.2 Å². The van der Waals surface area contributed by atoms with Crippen molar-refractivity contribution in [3.05, 3.63) is 371 Å². The Morgan fingerprint density at radius 1 is 0.239 bits per heavy atom. The summed E-state index contributed by atoms with van der Waals surface area (Å²) in [5.41, 5.74) is 40.8. The van der Waals surface area contributed by atoms with E-state index in [-0.39, 0.29) is 21.7 Å². The van der Waals surface area contributed by atoms with Gasteiger partial charge in [0, 0.05) is 54.6 Å². The molecule has 4 aliphatic carbocycles. The van der Waals surface area contributed by atoms with Crippen molar-refractivity contribution in [1.82, 2.24) is 9.13 Å². The second kappa shape index (κ2) is 22.8. The average molecular weight is 1400 g/mol. The van der Waals surface area contributed by atoms with Gasteiger partial charge >= 0.3 is 0 Å². The van der Waals surface area contributed by atoms with Crippen LogP contribution >= 0.6 is 0 Å². The highest BCUT2D eigenvalue weighted by molar-refractivity contribution is 6.11. The first-order valence-corrected chi connectivity index (χ1v) is 39.2. The van der Waals surface area contributed by atoms with E-state index in [1.165, 1.54) is 210 Å². The first kappa shape index (κ1) is 63.9. The zero-order chi connectivity index (χ0) is 73.3. The molecule has 0 spiro atoms. The van der Waals surface area contributed by atoms with Crippen LogP contribution in [0.25, 0.3) is 166 Å². The molecule has 18 aromatic rings. The largest absolute Gasteiger partial charge is 0.309 e. The van der Waals surface area contributed by atoms with E-state index in [1.54, 1.807) is 0 Å². The Morgan fingerprint density at radius 2 is 0.615 bits per heavy atom. The smallest absolute Gasteiger partial charge is 0.0541 e. The fraction of sp³-hybridized carbons (Fsp3) is 0.140. The van der Waals surface area contributed by atoms with Crippen LogP contribution in [0.3, 0.4) is 0 Å². The molecule has 2 heteroatoms. The second-order valence-electron chi connectivity index (χ2n) is 34.0. The maximum absolute atomic E-state index is 2.63. The lowest BCUT2D eigenvalue weighted by Gasteiger charge is -2.30. The van der Waals surface area contributed by atoms with Crippen LogP contribution in [0.1, 0.15) is 124 Å². The van der Waals surface area contributed by atoms with Gasteiger partial charge in [0.15, 0.2) is 0 Å². The van der Waals surface area contributed by atoms with E-state index in [1.807, 2.05) is 0 Å². The Hall–Kier alpha value is -12.4. The standard InChI is InChI=1S/C107H82N2/c1-63(2)74-50-75(71-40-39-69-48-68(37-38-70(69)49-71)67-36-35-65-22-10-11-23-66(65)47-67)52-76(51-74)72-41-43-83-89-59-90-81-25-13-18-30-93(81)107(9,99(90)61-98(89)106(7,8)94(83)55-72)62-64-34-45-103-91(46-64)86-28-16-21-33-102(86)109(103)79-54-77(53-78(57-79)108-100-31-19-14-26-84(100)85-27-15-20-32-101(85)108)73-42-44-82-88-58-87-80-24-12-17-29-92(80)104(3,4)96(87)60-97(88)105(5,6)95(82)56-73/h10-61,63H,62H2,1-9H3. The van der Waals surface area contributed by atoms with Gasteiger partial charge in [-0.1, -0.05) is 281 Å². The highest BCUT2D eigenvalue weighted by Gasteiger charge is 2.45. The third-order valence-electron chi connectivity index (χ3n) is 26.4. The summed E-state index contributed by atoms with van der Waals surface area (Å²) in [7, 11) is 0. The highest BCUT2D eigenvalue weighted by atomic mass is 15.0. The van der Waals surface area contributed by atoms with E-state index in [2.05, 4.69) is 387 Å². The Morgan fingerprint density at radius 3 is 1.17 bits per heavy atom. The number of para-hydroxylation sites is 3. The monoisotopic (exact) mass is 1390 g/mol. The summed E-state index contributed by atoms with van der Waals surface area (Å²) in [6.07, 6.45) is 0.848. The molecule has 0 fully saturated rings. The van der Waals surface area contributed by atoms with Gasteiger partial charge in [-0.2, -0.15) is 0 Å². The van der Waals surface area contributed by atoms with Crippen LogP contribution in [0.5, 0.6) is 0 Å². The van der Waals surface area contributed by atoms with Crippen molar-refractivity contribution in [2.45, 2.75) is 96.3 Å². The van der Waals surface area contributed by atoms with Gasteiger partial charge in [0.25, 0.3) is 0 Å². The number of hydrogen-bond donors (Lipinski definition) is 0. The molecule has 520 valence electrons. The summed E-state index contributed by atoms with van der Waals surface area (Å²) >= 11 is 0. The summed E-state index contributed by atoms with van der Waals surface area (Å²) < 4.78 is 5.05. The molecule has 109 heavy (non-hydrogen) atoms. The molecule has 2 aromatic heterocycles. The maximum atomic E-state index is 2.63. The quantitative estimate of drug-likeness (QED) is 0.136. The van der Waals surface area contributed by atoms with E-state index >= 15 is 0 Å². The topological polar surface area (TPSA) is 9.86 Å². The van der Waals surface area contributed by atoms with Crippen LogP contribution in [0.15, 0.2) is 315 Å². The number of rotatable bonds is 9. The van der Waals surface area contributed by atoms with Crippen LogP contribution in [0.4, 0.5) is 0 Å². The van der Waals surface area contributed by atoms with Crippen molar-refractivity contribution in [3.63, 3.8) is 0 Å². The highest BCUT2D eigenvalue weighted by Crippen LogP contribution is 2.60. The van der Waals surface area contributed by atoms with Crippen LogP contribution in [-0.2, 0) is 28.1 Å². The van der Waals surface area contributed by atoms with Gasteiger partial charge in [0.05, 0.1) is 22.1 Å². The first-order chi connectivity index (χ1) is 52.9. The Kier molecular flexibility index (Phi) is 13.4. The minimum absolute atomic E-state index is 0.0787. The van der Waals surface area contributed by atoms with E-state index < -0.39 is 0 Å². The van der Waals surface area contributed by atoms with Gasteiger partial charge in [0.1, 0.15) is 0 Å². The molecule has 0 radical (unpaired) electrons. The van der Waals surface area contributed by atoms with Crippen molar-refractivity contribution in [1.29, 1.82) is 0 Å². The molecule has 0 amide bonds. The molecule has 22 rings (SSSR count). The molecule has 0 bridgehead atoms. The Labute approximate surface area is 637 Å². The van der Waals surface area contributed by atoms with Crippen molar-refractivity contribution < 1.29 is 0 Å². The van der Waals surface area contributed by atoms with Crippen LogP contribution in [0.2, 0.25) is 0 Å². The molecule has 4 aliphatic rings. The number of hydrogen-bond acceptors (Lipinski definition) is 0. The normalized spacial score (nSPS) is 15.8. The summed E-state index contributed by atoms with van der Waals surface area (Å²) in [5, 5.41) is 10.0. The Bertz CT molecular complexity index is 6980. The van der Waals surface area contributed by atoms with Crippen molar-refractivity contribution in [2.75, 3.05) is 0 Å². The number of fused-ring (bicyclic) bond motifs is 20. The van der Waals surface area contributed by atoms with E-state index in [0.29, 0.717) is 5.92 Å². The lowest BCUT2D eigenvalue weighted by molar-refractivity contribution is 0.579. The molecular weight excluding hydrogens is 1310 g/mol. The van der Waals surface area contributed by atoms with Gasteiger partial charge in [-0.05, 0) is 276 Å². The molecule has 0 saturated heterocycles. The minimum atomic E-state index is -0.307. The summed E-state index contributed by atoms with van der Waals surface area (Å²) in [5.74, 6) is 0.362. The van der Waals surface area contributed by atoms with Gasteiger partial charge in [0.2, 0.25) is 0 Å². The summed E-state index contributed by atoms with van der Waals surface area (Å²) in [4.78, 5) is 0.